The van der Waals surface area contributed by atoms with Gasteiger partial charge in [0.2, 0.25) is 0 Å². The SMILES string of the molecule is Cc1nn(C(C)(C)C)c2nc(C(C)C)cc(C(=O)N3CCCC3(C)C(=O)O)c12. The highest BCUT2D eigenvalue weighted by molar-refractivity contribution is 6.08. The molecule has 1 fully saturated rings. The third-order valence-electron chi connectivity index (χ3n) is 5.64. The van der Waals surface area contributed by atoms with Crippen LogP contribution >= 0.6 is 0 Å². The highest BCUT2D eigenvalue weighted by Crippen LogP contribution is 2.34. The minimum atomic E-state index is -1.18. The summed E-state index contributed by atoms with van der Waals surface area (Å²) in [7, 11) is 0. The standard InChI is InChI=1S/C21H30N4O3/c1-12(2)15-11-14(18(26)24-10-8-9-21(24,7)19(27)28)16-13(3)23-25(17(16)22-15)20(4,5)6/h11-12H,8-10H2,1-7H3,(H,27,28). The molecule has 2 aromatic rings. The Morgan fingerprint density at radius 2 is 1.93 bits per heavy atom. The van der Waals surface area contributed by atoms with Crippen molar-refractivity contribution in [2.75, 3.05) is 6.54 Å². The summed E-state index contributed by atoms with van der Waals surface area (Å²) in [6.45, 7) is 14.2. The third-order valence-corrected chi connectivity index (χ3v) is 5.64. The van der Waals surface area contributed by atoms with E-state index in [-0.39, 0.29) is 17.4 Å². The lowest BCUT2D eigenvalue weighted by atomic mass is 9.97. The second kappa shape index (κ2) is 6.57. The van der Waals surface area contributed by atoms with Crippen LogP contribution in [-0.4, -0.2) is 48.7 Å². The fourth-order valence-electron chi connectivity index (χ4n) is 3.90. The van der Waals surface area contributed by atoms with E-state index >= 15 is 0 Å². The van der Waals surface area contributed by atoms with Gasteiger partial charge in [-0.2, -0.15) is 5.10 Å². The predicted octanol–water partition coefficient (Wildman–Crippen LogP) is 3.70. The fourth-order valence-corrected chi connectivity index (χ4v) is 3.90. The van der Waals surface area contributed by atoms with Gasteiger partial charge in [0, 0.05) is 12.2 Å². The third kappa shape index (κ3) is 3.06. The molecule has 0 aromatic carbocycles. The van der Waals surface area contributed by atoms with Gasteiger partial charge >= 0.3 is 5.97 Å². The molecule has 1 aliphatic heterocycles. The van der Waals surface area contributed by atoms with Crippen LogP contribution in [0.25, 0.3) is 11.0 Å². The largest absolute Gasteiger partial charge is 0.480 e. The van der Waals surface area contributed by atoms with Gasteiger partial charge in [0.25, 0.3) is 5.91 Å². The molecule has 7 nitrogen and oxygen atoms in total. The first-order chi connectivity index (χ1) is 12.9. The van der Waals surface area contributed by atoms with Gasteiger partial charge in [0.1, 0.15) is 5.54 Å². The number of carbonyl (C=O) groups excluding carboxylic acids is 1. The van der Waals surface area contributed by atoms with E-state index in [9.17, 15) is 14.7 Å². The van der Waals surface area contributed by atoms with E-state index in [4.69, 9.17) is 4.98 Å². The molecule has 1 N–H and O–H groups in total. The van der Waals surface area contributed by atoms with E-state index < -0.39 is 11.5 Å². The number of fused-ring (bicyclic) bond motifs is 1. The lowest BCUT2D eigenvalue weighted by molar-refractivity contribution is -0.147. The first-order valence-corrected chi connectivity index (χ1v) is 9.84. The van der Waals surface area contributed by atoms with Crippen molar-refractivity contribution >= 4 is 22.9 Å². The topological polar surface area (TPSA) is 88.3 Å². The smallest absolute Gasteiger partial charge is 0.329 e. The van der Waals surface area contributed by atoms with Crippen LogP contribution < -0.4 is 0 Å². The number of likely N-dealkylation sites (tertiary alicyclic amines) is 1. The summed E-state index contributed by atoms with van der Waals surface area (Å²) < 4.78 is 1.86. The Bertz CT molecular complexity index is 955. The van der Waals surface area contributed by atoms with Crippen molar-refractivity contribution < 1.29 is 14.7 Å². The Kier molecular flexibility index (Phi) is 4.76. The molecule has 1 amide bonds. The number of aryl methyl sites for hydroxylation is 1. The maximum absolute atomic E-state index is 13.6. The van der Waals surface area contributed by atoms with Gasteiger partial charge in [-0.05, 0) is 59.4 Å². The van der Waals surface area contributed by atoms with Crippen molar-refractivity contribution in [3.05, 3.63) is 23.0 Å². The number of carbonyl (C=O) groups is 2. The zero-order chi connectivity index (χ0) is 21.0. The van der Waals surface area contributed by atoms with Crippen LogP contribution in [0.1, 0.15) is 82.0 Å². The minimum Gasteiger partial charge on any atom is -0.480 e. The van der Waals surface area contributed by atoms with Gasteiger partial charge in [-0.15, -0.1) is 0 Å². The zero-order valence-corrected chi connectivity index (χ0v) is 17.8. The van der Waals surface area contributed by atoms with Crippen molar-refractivity contribution in [2.24, 2.45) is 0 Å². The summed E-state index contributed by atoms with van der Waals surface area (Å²) in [4.78, 5) is 31.8. The van der Waals surface area contributed by atoms with E-state index in [2.05, 4.69) is 5.10 Å². The molecule has 0 saturated carbocycles. The number of carboxylic acids is 1. The summed E-state index contributed by atoms with van der Waals surface area (Å²) in [6, 6.07) is 1.82. The summed E-state index contributed by atoms with van der Waals surface area (Å²) >= 11 is 0. The molecule has 0 radical (unpaired) electrons. The number of rotatable bonds is 3. The van der Waals surface area contributed by atoms with Crippen LogP contribution in [0.5, 0.6) is 0 Å². The molecular weight excluding hydrogens is 356 g/mol. The summed E-state index contributed by atoms with van der Waals surface area (Å²) in [5.74, 6) is -1.09. The second-order valence-corrected chi connectivity index (χ2v) is 9.26. The molecule has 2 aromatic heterocycles. The number of aliphatic carboxylic acids is 1. The minimum absolute atomic E-state index is 0.129. The van der Waals surface area contributed by atoms with Crippen LogP contribution in [0, 0.1) is 6.92 Å². The predicted molar refractivity (Wildman–Crippen MR) is 108 cm³/mol. The second-order valence-electron chi connectivity index (χ2n) is 9.26. The first kappa shape index (κ1) is 20.3. The molecule has 1 unspecified atom stereocenters. The van der Waals surface area contributed by atoms with E-state index in [1.807, 2.05) is 52.3 Å². The van der Waals surface area contributed by atoms with Gasteiger partial charge in [0.05, 0.1) is 22.2 Å². The number of aromatic nitrogens is 3. The van der Waals surface area contributed by atoms with E-state index in [0.29, 0.717) is 36.0 Å². The highest BCUT2D eigenvalue weighted by Gasteiger charge is 2.46. The summed E-state index contributed by atoms with van der Waals surface area (Å²) in [5, 5.41) is 15.1. The van der Waals surface area contributed by atoms with Crippen LogP contribution in [-0.2, 0) is 10.3 Å². The van der Waals surface area contributed by atoms with Crippen LogP contribution in [0.2, 0.25) is 0 Å². The van der Waals surface area contributed by atoms with Crippen molar-refractivity contribution in [1.29, 1.82) is 0 Å². The molecule has 3 heterocycles. The van der Waals surface area contributed by atoms with Gasteiger partial charge in [-0.25, -0.2) is 14.5 Å². The maximum atomic E-state index is 13.6. The molecule has 3 rings (SSSR count). The van der Waals surface area contributed by atoms with Gasteiger partial charge in [-0.3, -0.25) is 4.79 Å². The number of carboxylic acid groups (broad SMARTS) is 1. The highest BCUT2D eigenvalue weighted by atomic mass is 16.4. The Hall–Kier alpha value is -2.44. The normalized spacial score (nSPS) is 20.4. The van der Waals surface area contributed by atoms with E-state index in [1.54, 1.807) is 6.92 Å². The number of amides is 1. The summed E-state index contributed by atoms with van der Waals surface area (Å²) in [6.07, 6.45) is 1.14. The monoisotopic (exact) mass is 386 g/mol. The molecule has 152 valence electrons. The molecular formula is C21H30N4O3. The Morgan fingerprint density at radius 3 is 2.46 bits per heavy atom. The zero-order valence-electron chi connectivity index (χ0n) is 17.8. The number of pyridine rings is 1. The van der Waals surface area contributed by atoms with E-state index in [0.717, 1.165) is 11.4 Å². The van der Waals surface area contributed by atoms with Crippen LogP contribution in [0.3, 0.4) is 0 Å². The Labute approximate surface area is 165 Å². The van der Waals surface area contributed by atoms with Gasteiger partial charge in [-0.1, -0.05) is 13.8 Å². The number of hydrogen-bond acceptors (Lipinski definition) is 4. The van der Waals surface area contributed by atoms with Crippen molar-refractivity contribution in [2.45, 2.75) is 78.3 Å². The average molecular weight is 386 g/mol. The van der Waals surface area contributed by atoms with Crippen LogP contribution in [0.4, 0.5) is 0 Å². The summed E-state index contributed by atoms with van der Waals surface area (Å²) in [5.41, 5.74) is 1.23. The Morgan fingerprint density at radius 1 is 1.29 bits per heavy atom. The Balaban J connectivity index is 2.27. The quantitative estimate of drug-likeness (QED) is 0.869. The molecule has 7 heteroatoms. The molecule has 1 saturated heterocycles. The molecule has 28 heavy (non-hydrogen) atoms. The van der Waals surface area contributed by atoms with Gasteiger partial charge in [0.15, 0.2) is 5.65 Å². The fraction of sp³-hybridized carbons (Fsp3) is 0.619. The van der Waals surface area contributed by atoms with Gasteiger partial charge < -0.3 is 10.0 Å². The van der Waals surface area contributed by atoms with Crippen molar-refractivity contribution in [1.82, 2.24) is 19.7 Å². The molecule has 0 spiro atoms. The van der Waals surface area contributed by atoms with Crippen molar-refractivity contribution in [3.8, 4) is 0 Å². The molecule has 1 aliphatic rings. The van der Waals surface area contributed by atoms with Crippen molar-refractivity contribution in [3.63, 3.8) is 0 Å². The molecule has 0 aliphatic carbocycles. The first-order valence-electron chi connectivity index (χ1n) is 9.84. The lowest BCUT2D eigenvalue weighted by Crippen LogP contribution is -2.50. The van der Waals surface area contributed by atoms with E-state index in [1.165, 1.54) is 4.90 Å². The lowest BCUT2D eigenvalue weighted by Gasteiger charge is -2.31. The average Bonchev–Trinajstić information content (AvgIpc) is 3.15. The molecule has 0 bridgehead atoms. The number of nitrogens with zero attached hydrogens (tertiary/aromatic N) is 4. The molecule has 1 atom stereocenters. The van der Waals surface area contributed by atoms with Crippen LogP contribution in [0.15, 0.2) is 6.07 Å². The maximum Gasteiger partial charge on any atom is 0.329 e. The number of hydrogen-bond donors (Lipinski definition) is 1.